The summed E-state index contributed by atoms with van der Waals surface area (Å²) in [5.74, 6) is 2.36. The van der Waals surface area contributed by atoms with Crippen molar-refractivity contribution in [3.05, 3.63) is 54.1 Å². The molecule has 2 aromatic rings. The molecule has 1 aliphatic heterocycles. The number of aliphatic imine (C=N–C) groups is 1. The van der Waals surface area contributed by atoms with E-state index in [1.165, 1.54) is 5.69 Å². The Balaban J connectivity index is 1.44. The molecule has 3 rings (SSSR count). The normalized spacial score (nSPS) is 16.0. The molecule has 1 aliphatic rings. The van der Waals surface area contributed by atoms with Crippen molar-refractivity contribution in [1.29, 1.82) is 0 Å². The predicted molar refractivity (Wildman–Crippen MR) is 127 cm³/mol. The number of para-hydroxylation sites is 1. The molecule has 2 aromatic carbocycles. The minimum absolute atomic E-state index is 0.423. The van der Waals surface area contributed by atoms with Crippen LogP contribution in [0.1, 0.15) is 12.5 Å². The zero-order chi connectivity index (χ0) is 22.1. The van der Waals surface area contributed by atoms with E-state index in [2.05, 4.69) is 62.7 Å². The summed E-state index contributed by atoms with van der Waals surface area (Å²) in [7, 11) is 5.12. The lowest BCUT2D eigenvalue weighted by Crippen LogP contribution is -2.53. The Kier molecular flexibility index (Phi) is 8.41. The molecule has 0 aromatic heterocycles. The van der Waals surface area contributed by atoms with Gasteiger partial charge >= 0.3 is 0 Å². The molecule has 1 saturated heterocycles. The van der Waals surface area contributed by atoms with E-state index in [1.807, 2.05) is 18.2 Å². The summed E-state index contributed by atoms with van der Waals surface area (Å²) in [6.45, 7) is 7.96. The van der Waals surface area contributed by atoms with Gasteiger partial charge < -0.3 is 25.0 Å². The standard InChI is InChI=1S/C24H35N5O2/c1-19(28-12-14-29(15-13-28)21-8-6-5-7-9-21)17-26-24(25-2)27-18-20-10-11-22(30-3)16-23(20)31-4/h5-11,16,19H,12-15,17-18H2,1-4H3,(H2,25,26,27). The van der Waals surface area contributed by atoms with E-state index >= 15 is 0 Å². The fourth-order valence-electron chi connectivity index (χ4n) is 3.83. The van der Waals surface area contributed by atoms with Crippen LogP contribution in [-0.2, 0) is 6.54 Å². The fraction of sp³-hybridized carbons (Fsp3) is 0.458. The molecule has 1 atom stereocenters. The SMILES string of the molecule is CN=C(NCc1ccc(OC)cc1OC)NCC(C)N1CCN(c2ccccc2)CC1. The highest BCUT2D eigenvalue weighted by molar-refractivity contribution is 5.79. The lowest BCUT2D eigenvalue weighted by atomic mass is 10.2. The van der Waals surface area contributed by atoms with Crippen molar-refractivity contribution in [2.45, 2.75) is 19.5 Å². The topological polar surface area (TPSA) is 61.4 Å². The minimum atomic E-state index is 0.423. The molecule has 1 heterocycles. The Morgan fingerprint density at radius 2 is 1.74 bits per heavy atom. The van der Waals surface area contributed by atoms with Gasteiger partial charge in [0.2, 0.25) is 0 Å². The molecule has 0 spiro atoms. The Morgan fingerprint density at radius 3 is 2.39 bits per heavy atom. The van der Waals surface area contributed by atoms with Crippen LogP contribution < -0.4 is 25.0 Å². The summed E-state index contributed by atoms with van der Waals surface area (Å²) in [6.07, 6.45) is 0. The third-order valence-corrected chi connectivity index (χ3v) is 5.79. The summed E-state index contributed by atoms with van der Waals surface area (Å²) >= 11 is 0. The molecule has 2 N–H and O–H groups in total. The maximum atomic E-state index is 5.48. The highest BCUT2D eigenvalue weighted by Crippen LogP contribution is 2.24. The molecule has 31 heavy (non-hydrogen) atoms. The summed E-state index contributed by atoms with van der Waals surface area (Å²) in [5, 5.41) is 6.83. The van der Waals surface area contributed by atoms with Gasteiger partial charge in [0.25, 0.3) is 0 Å². The van der Waals surface area contributed by atoms with Crippen molar-refractivity contribution >= 4 is 11.6 Å². The van der Waals surface area contributed by atoms with Crippen LogP contribution in [0, 0.1) is 0 Å². The minimum Gasteiger partial charge on any atom is -0.497 e. The van der Waals surface area contributed by atoms with E-state index < -0.39 is 0 Å². The highest BCUT2D eigenvalue weighted by Gasteiger charge is 2.21. The van der Waals surface area contributed by atoms with Gasteiger partial charge in [-0.3, -0.25) is 9.89 Å². The first kappa shape index (κ1) is 22.7. The van der Waals surface area contributed by atoms with Crippen LogP contribution in [0.5, 0.6) is 11.5 Å². The smallest absolute Gasteiger partial charge is 0.191 e. The average Bonchev–Trinajstić information content (AvgIpc) is 2.84. The monoisotopic (exact) mass is 425 g/mol. The van der Waals surface area contributed by atoms with E-state index in [0.29, 0.717) is 12.6 Å². The van der Waals surface area contributed by atoms with Gasteiger partial charge in [0.1, 0.15) is 11.5 Å². The van der Waals surface area contributed by atoms with Crippen LogP contribution in [-0.4, -0.2) is 70.9 Å². The van der Waals surface area contributed by atoms with Crippen molar-refractivity contribution in [2.24, 2.45) is 4.99 Å². The van der Waals surface area contributed by atoms with E-state index in [-0.39, 0.29) is 0 Å². The quantitative estimate of drug-likeness (QED) is 0.501. The number of nitrogens with zero attached hydrogens (tertiary/aromatic N) is 3. The van der Waals surface area contributed by atoms with E-state index in [1.54, 1.807) is 21.3 Å². The van der Waals surface area contributed by atoms with Crippen LogP contribution in [0.15, 0.2) is 53.5 Å². The third-order valence-electron chi connectivity index (χ3n) is 5.79. The molecule has 168 valence electrons. The number of anilines is 1. The molecular formula is C24H35N5O2. The second-order valence-electron chi connectivity index (χ2n) is 7.69. The van der Waals surface area contributed by atoms with Crippen molar-refractivity contribution < 1.29 is 9.47 Å². The number of methoxy groups -OCH3 is 2. The highest BCUT2D eigenvalue weighted by atomic mass is 16.5. The zero-order valence-corrected chi connectivity index (χ0v) is 19.1. The third kappa shape index (κ3) is 6.28. The number of hydrogen-bond donors (Lipinski definition) is 2. The molecule has 0 aliphatic carbocycles. The van der Waals surface area contributed by atoms with Crippen molar-refractivity contribution in [1.82, 2.24) is 15.5 Å². The van der Waals surface area contributed by atoms with E-state index in [4.69, 9.17) is 9.47 Å². The molecule has 7 nitrogen and oxygen atoms in total. The summed E-state index contributed by atoms with van der Waals surface area (Å²) < 4.78 is 10.7. The number of rotatable bonds is 8. The maximum Gasteiger partial charge on any atom is 0.191 e. The van der Waals surface area contributed by atoms with Gasteiger partial charge in [0, 0.05) is 69.7 Å². The van der Waals surface area contributed by atoms with Crippen molar-refractivity contribution in [2.75, 3.05) is 58.9 Å². The van der Waals surface area contributed by atoms with Crippen LogP contribution in [0.25, 0.3) is 0 Å². The Bertz CT molecular complexity index is 835. The lowest BCUT2D eigenvalue weighted by molar-refractivity contribution is 0.197. The average molecular weight is 426 g/mol. The maximum absolute atomic E-state index is 5.48. The predicted octanol–water partition coefficient (Wildman–Crippen LogP) is 2.58. The molecular weight excluding hydrogens is 390 g/mol. The van der Waals surface area contributed by atoms with Crippen LogP contribution in [0.3, 0.4) is 0 Å². The second kappa shape index (κ2) is 11.5. The van der Waals surface area contributed by atoms with Crippen molar-refractivity contribution in [3.63, 3.8) is 0 Å². The van der Waals surface area contributed by atoms with Gasteiger partial charge in [0.15, 0.2) is 5.96 Å². The van der Waals surface area contributed by atoms with Gasteiger partial charge in [-0.1, -0.05) is 18.2 Å². The second-order valence-corrected chi connectivity index (χ2v) is 7.69. The van der Waals surface area contributed by atoms with Crippen molar-refractivity contribution in [3.8, 4) is 11.5 Å². The summed E-state index contributed by atoms with van der Waals surface area (Å²) in [4.78, 5) is 9.35. The lowest BCUT2D eigenvalue weighted by Gasteiger charge is -2.39. The molecule has 0 saturated carbocycles. The molecule has 0 amide bonds. The Morgan fingerprint density at radius 1 is 1.00 bits per heavy atom. The number of nitrogens with one attached hydrogen (secondary N) is 2. The Labute approximate surface area is 186 Å². The molecule has 7 heteroatoms. The molecule has 0 radical (unpaired) electrons. The van der Waals surface area contributed by atoms with Gasteiger partial charge in [-0.05, 0) is 31.2 Å². The van der Waals surface area contributed by atoms with Crippen LogP contribution in [0.2, 0.25) is 0 Å². The number of piperazine rings is 1. The Hall–Kier alpha value is -2.93. The summed E-state index contributed by atoms with van der Waals surface area (Å²) in [6, 6.07) is 16.9. The molecule has 1 unspecified atom stereocenters. The first-order valence-electron chi connectivity index (χ1n) is 10.8. The van der Waals surface area contributed by atoms with Gasteiger partial charge in [-0.25, -0.2) is 0 Å². The van der Waals surface area contributed by atoms with E-state index in [0.717, 1.165) is 55.7 Å². The van der Waals surface area contributed by atoms with Gasteiger partial charge in [-0.2, -0.15) is 0 Å². The summed E-state index contributed by atoms with van der Waals surface area (Å²) in [5.41, 5.74) is 2.36. The first-order chi connectivity index (χ1) is 15.1. The largest absolute Gasteiger partial charge is 0.497 e. The molecule has 0 bridgehead atoms. The van der Waals surface area contributed by atoms with Gasteiger partial charge in [-0.15, -0.1) is 0 Å². The van der Waals surface area contributed by atoms with Gasteiger partial charge in [0.05, 0.1) is 14.2 Å². The fourth-order valence-corrected chi connectivity index (χ4v) is 3.83. The van der Waals surface area contributed by atoms with Crippen LogP contribution >= 0.6 is 0 Å². The number of benzene rings is 2. The number of hydrogen-bond acceptors (Lipinski definition) is 5. The number of guanidine groups is 1. The number of ether oxygens (including phenoxy) is 2. The van der Waals surface area contributed by atoms with E-state index in [9.17, 15) is 0 Å². The van der Waals surface area contributed by atoms with Crippen LogP contribution in [0.4, 0.5) is 5.69 Å². The first-order valence-corrected chi connectivity index (χ1v) is 10.8. The zero-order valence-electron chi connectivity index (χ0n) is 19.1. The molecule has 1 fully saturated rings.